The molecule has 0 aromatic heterocycles. The van der Waals surface area contributed by atoms with Crippen molar-refractivity contribution >= 4 is 11.6 Å². The molecule has 2 unspecified atom stereocenters. The van der Waals surface area contributed by atoms with E-state index in [1.54, 1.807) is 0 Å². The van der Waals surface area contributed by atoms with Crippen molar-refractivity contribution in [3.8, 4) is 5.75 Å². The molecule has 17 heavy (non-hydrogen) atoms. The molecule has 0 radical (unpaired) electrons. The molecule has 0 bridgehead atoms. The topological polar surface area (TPSA) is 38.5 Å². The van der Waals surface area contributed by atoms with E-state index in [2.05, 4.69) is 11.9 Å². The number of likely N-dealkylation sites (N-methyl/N-ethyl adjacent to an activating group) is 1. The van der Waals surface area contributed by atoms with Gasteiger partial charge in [-0.3, -0.25) is 0 Å². The summed E-state index contributed by atoms with van der Waals surface area (Å²) in [6.07, 6.45) is 1.31. The molecule has 1 heterocycles. The van der Waals surface area contributed by atoms with E-state index >= 15 is 0 Å². The van der Waals surface area contributed by atoms with E-state index in [1.165, 1.54) is 0 Å². The Morgan fingerprint density at radius 2 is 2.29 bits per heavy atom. The van der Waals surface area contributed by atoms with Crippen molar-refractivity contribution < 1.29 is 4.74 Å². The highest BCUT2D eigenvalue weighted by Crippen LogP contribution is 2.29. The Kier molecular flexibility index (Phi) is 3.92. The lowest BCUT2D eigenvalue weighted by Gasteiger charge is -2.16. The molecule has 0 spiro atoms. The minimum absolute atomic E-state index is 0.000774. The molecule has 1 aromatic carbocycles. The molecule has 94 valence electrons. The largest absolute Gasteiger partial charge is 0.487 e. The third-order valence-corrected chi connectivity index (χ3v) is 3.42. The van der Waals surface area contributed by atoms with Crippen molar-refractivity contribution in [2.45, 2.75) is 25.5 Å². The second kappa shape index (κ2) is 5.25. The van der Waals surface area contributed by atoms with Gasteiger partial charge in [0.1, 0.15) is 11.9 Å². The fourth-order valence-electron chi connectivity index (χ4n) is 2.07. The fourth-order valence-corrected chi connectivity index (χ4v) is 2.30. The number of ether oxygens (including phenoxy) is 1. The van der Waals surface area contributed by atoms with E-state index in [1.807, 2.05) is 25.1 Å². The zero-order chi connectivity index (χ0) is 12.4. The van der Waals surface area contributed by atoms with Crippen LogP contribution in [0.5, 0.6) is 5.75 Å². The molecule has 1 saturated heterocycles. The lowest BCUT2D eigenvalue weighted by atomic mass is 10.1. The second-order valence-corrected chi connectivity index (χ2v) is 5.18. The van der Waals surface area contributed by atoms with Crippen LogP contribution in [-0.2, 0) is 0 Å². The van der Waals surface area contributed by atoms with Crippen LogP contribution in [0.1, 0.15) is 24.9 Å². The van der Waals surface area contributed by atoms with Gasteiger partial charge in [0.2, 0.25) is 0 Å². The zero-order valence-corrected chi connectivity index (χ0v) is 11.1. The van der Waals surface area contributed by atoms with Crippen LogP contribution in [0.4, 0.5) is 0 Å². The maximum atomic E-state index is 6.19. The van der Waals surface area contributed by atoms with Crippen LogP contribution in [0.15, 0.2) is 18.2 Å². The summed E-state index contributed by atoms with van der Waals surface area (Å²) in [6.45, 7) is 3.99. The van der Waals surface area contributed by atoms with Gasteiger partial charge in [-0.1, -0.05) is 17.7 Å². The predicted molar refractivity (Wildman–Crippen MR) is 70.6 cm³/mol. The van der Waals surface area contributed by atoms with Gasteiger partial charge in [0, 0.05) is 19.1 Å². The molecule has 2 N–H and O–H groups in total. The summed E-state index contributed by atoms with van der Waals surface area (Å²) >= 11 is 6.19. The molecule has 0 saturated carbocycles. The van der Waals surface area contributed by atoms with Crippen molar-refractivity contribution in [1.29, 1.82) is 0 Å². The minimum Gasteiger partial charge on any atom is -0.487 e. The van der Waals surface area contributed by atoms with Gasteiger partial charge in [-0.2, -0.15) is 0 Å². The number of rotatable bonds is 3. The first kappa shape index (κ1) is 12.7. The van der Waals surface area contributed by atoms with Gasteiger partial charge >= 0.3 is 0 Å². The zero-order valence-electron chi connectivity index (χ0n) is 10.3. The van der Waals surface area contributed by atoms with Crippen molar-refractivity contribution in [2.75, 3.05) is 20.1 Å². The first-order chi connectivity index (χ1) is 8.06. The fraction of sp³-hybridized carbons (Fsp3) is 0.538. The van der Waals surface area contributed by atoms with E-state index in [-0.39, 0.29) is 12.1 Å². The van der Waals surface area contributed by atoms with Crippen LogP contribution in [-0.4, -0.2) is 31.1 Å². The van der Waals surface area contributed by atoms with Gasteiger partial charge < -0.3 is 15.4 Å². The lowest BCUT2D eigenvalue weighted by molar-refractivity contribution is 0.208. The second-order valence-electron chi connectivity index (χ2n) is 4.77. The van der Waals surface area contributed by atoms with Crippen LogP contribution in [0.25, 0.3) is 0 Å². The standard InChI is InChI=1S/C13H19ClN2O/c1-9(15)10-3-4-13(12(14)7-10)17-11-5-6-16(2)8-11/h3-4,7,9,11H,5-6,8,15H2,1-2H3. The van der Waals surface area contributed by atoms with Crippen LogP contribution >= 0.6 is 11.6 Å². The number of benzene rings is 1. The van der Waals surface area contributed by atoms with E-state index in [0.29, 0.717) is 5.02 Å². The molecule has 1 aliphatic heterocycles. The smallest absolute Gasteiger partial charge is 0.138 e. The molecule has 0 amide bonds. The average molecular weight is 255 g/mol. The molecule has 4 heteroatoms. The van der Waals surface area contributed by atoms with Gasteiger partial charge in [-0.15, -0.1) is 0 Å². The third-order valence-electron chi connectivity index (χ3n) is 3.12. The van der Waals surface area contributed by atoms with Crippen LogP contribution in [0.3, 0.4) is 0 Å². The molecule has 1 aromatic rings. The Bertz CT molecular complexity index is 395. The van der Waals surface area contributed by atoms with Crippen molar-refractivity contribution in [3.63, 3.8) is 0 Å². The molecule has 3 nitrogen and oxygen atoms in total. The van der Waals surface area contributed by atoms with Gasteiger partial charge in [0.25, 0.3) is 0 Å². The van der Waals surface area contributed by atoms with Crippen molar-refractivity contribution in [2.24, 2.45) is 5.73 Å². The lowest BCUT2D eigenvalue weighted by Crippen LogP contribution is -2.21. The van der Waals surface area contributed by atoms with Crippen LogP contribution < -0.4 is 10.5 Å². The third kappa shape index (κ3) is 3.12. The average Bonchev–Trinajstić information content (AvgIpc) is 2.67. The summed E-state index contributed by atoms with van der Waals surface area (Å²) < 4.78 is 5.90. The van der Waals surface area contributed by atoms with Crippen molar-refractivity contribution in [3.05, 3.63) is 28.8 Å². The van der Waals surface area contributed by atoms with Gasteiger partial charge in [0.15, 0.2) is 0 Å². The molecule has 2 atom stereocenters. The first-order valence-electron chi connectivity index (χ1n) is 5.96. The number of halogens is 1. The number of nitrogens with two attached hydrogens (primary N) is 1. The molecule has 1 aliphatic rings. The minimum atomic E-state index is -0.000774. The summed E-state index contributed by atoms with van der Waals surface area (Å²) in [5.74, 6) is 0.761. The normalized spacial score (nSPS) is 22.7. The summed E-state index contributed by atoms with van der Waals surface area (Å²) in [6, 6.07) is 5.78. The Labute approximate surface area is 107 Å². The monoisotopic (exact) mass is 254 g/mol. The maximum absolute atomic E-state index is 6.19. The van der Waals surface area contributed by atoms with Gasteiger partial charge in [0.05, 0.1) is 5.02 Å². The number of hydrogen-bond acceptors (Lipinski definition) is 3. The van der Waals surface area contributed by atoms with Gasteiger partial charge in [-0.05, 0) is 38.1 Å². The molecular formula is C13H19ClN2O. The molecule has 1 fully saturated rings. The molecule has 0 aliphatic carbocycles. The highest BCUT2D eigenvalue weighted by molar-refractivity contribution is 6.32. The Morgan fingerprint density at radius 3 is 2.82 bits per heavy atom. The summed E-state index contributed by atoms with van der Waals surface area (Å²) in [7, 11) is 2.10. The summed E-state index contributed by atoms with van der Waals surface area (Å²) in [5, 5.41) is 0.648. The van der Waals surface area contributed by atoms with E-state index in [0.717, 1.165) is 30.8 Å². The molecule has 2 rings (SSSR count). The van der Waals surface area contributed by atoms with Crippen molar-refractivity contribution in [1.82, 2.24) is 4.90 Å². The quantitative estimate of drug-likeness (QED) is 0.901. The first-order valence-corrected chi connectivity index (χ1v) is 6.34. The van der Waals surface area contributed by atoms with Crippen LogP contribution in [0, 0.1) is 0 Å². The maximum Gasteiger partial charge on any atom is 0.138 e. The number of hydrogen-bond donors (Lipinski definition) is 1. The SMILES string of the molecule is CC(N)c1ccc(OC2CCN(C)C2)c(Cl)c1. The highest BCUT2D eigenvalue weighted by Gasteiger charge is 2.21. The van der Waals surface area contributed by atoms with Crippen LogP contribution in [0.2, 0.25) is 5.02 Å². The predicted octanol–water partition coefficient (Wildman–Crippen LogP) is 2.44. The van der Waals surface area contributed by atoms with E-state index in [4.69, 9.17) is 22.1 Å². The summed E-state index contributed by atoms with van der Waals surface area (Å²) in [5.41, 5.74) is 6.84. The Balaban J connectivity index is 2.06. The number of likely N-dealkylation sites (tertiary alicyclic amines) is 1. The number of nitrogens with zero attached hydrogens (tertiary/aromatic N) is 1. The highest BCUT2D eigenvalue weighted by atomic mass is 35.5. The summed E-state index contributed by atoms with van der Waals surface area (Å²) in [4.78, 5) is 2.26. The Morgan fingerprint density at radius 1 is 1.53 bits per heavy atom. The van der Waals surface area contributed by atoms with Gasteiger partial charge in [-0.25, -0.2) is 0 Å². The molecular weight excluding hydrogens is 236 g/mol. The Hall–Kier alpha value is -0.770. The van der Waals surface area contributed by atoms with E-state index < -0.39 is 0 Å². The van der Waals surface area contributed by atoms with E-state index in [9.17, 15) is 0 Å².